The van der Waals surface area contributed by atoms with Gasteiger partial charge in [0.1, 0.15) is 11.9 Å². The van der Waals surface area contributed by atoms with Gasteiger partial charge in [-0.05, 0) is 40.3 Å². The van der Waals surface area contributed by atoms with Gasteiger partial charge < -0.3 is 4.74 Å². The first-order valence-electron chi connectivity index (χ1n) is 11.9. The first-order chi connectivity index (χ1) is 17.4. The highest BCUT2D eigenvalue weighted by Gasteiger charge is 2.24. The van der Waals surface area contributed by atoms with E-state index >= 15 is 0 Å². The molecule has 0 saturated heterocycles. The van der Waals surface area contributed by atoms with Crippen molar-refractivity contribution in [3.05, 3.63) is 116 Å². The lowest BCUT2D eigenvalue weighted by atomic mass is 9.87. The molecule has 178 valence electrons. The summed E-state index contributed by atoms with van der Waals surface area (Å²) >= 11 is 1.34. The Labute approximate surface area is 213 Å². The number of ether oxygens (including phenoxy) is 1. The Hall–Kier alpha value is -4.03. The monoisotopic (exact) mass is 491 g/mol. The zero-order valence-electron chi connectivity index (χ0n) is 20.3. The third-order valence-electron chi connectivity index (χ3n) is 6.38. The summed E-state index contributed by atoms with van der Waals surface area (Å²) in [6.07, 6.45) is 3.70. The van der Waals surface area contributed by atoms with Crippen LogP contribution in [0.4, 0.5) is 0 Å². The van der Waals surface area contributed by atoms with Crippen LogP contribution >= 0.6 is 11.3 Å². The molecule has 3 heterocycles. The topological polar surface area (TPSA) is 56.5 Å². The number of para-hydroxylation sites is 1. The summed E-state index contributed by atoms with van der Waals surface area (Å²) in [5.74, 6) is 1.39. The Bertz CT molecular complexity index is 1710. The van der Waals surface area contributed by atoms with Crippen LogP contribution in [0.1, 0.15) is 43.6 Å². The lowest BCUT2D eigenvalue weighted by molar-refractivity contribution is 0.244. The van der Waals surface area contributed by atoms with Gasteiger partial charge in [0, 0.05) is 11.1 Å². The SMILES string of the molecule is CC(C)(C)c1ccc(-c2nc3s/c(=C/C4=Cc5ccccc5OC4c4ccccc4)c(=O)n3n2)cc1. The predicted octanol–water partition coefficient (Wildman–Crippen LogP) is 5.83. The zero-order valence-corrected chi connectivity index (χ0v) is 21.1. The maximum atomic E-state index is 13.3. The Kier molecular flexibility index (Phi) is 5.34. The number of hydrogen-bond donors (Lipinski definition) is 0. The van der Waals surface area contributed by atoms with Crippen molar-refractivity contribution in [2.45, 2.75) is 32.3 Å². The molecule has 2 aromatic heterocycles. The molecule has 0 saturated carbocycles. The number of rotatable bonds is 3. The molecule has 0 aliphatic carbocycles. The first-order valence-corrected chi connectivity index (χ1v) is 12.7. The van der Waals surface area contributed by atoms with Crippen LogP contribution in [0.5, 0.6) is 5.75 Å². The molecule has 0 N–H and O–H groups in total. The van der Waals surface area contributed by atoms with E-state index in [0.29, 0.717) is 15.3 Å². The minimum Gasteiger partial charge on any atom is -0.480 e. The summed E-state index contributed by atoms with van der Waals surface area (Å²) in [5.41, 5.74) is 4.97. The molecule has 0 bridgehead atoms. The second-order valence-corrected chi connectivity index (χ2v) is 11.0. The molecule has 1 atom stereocenters. The highest BCUT2D eigenvalue weighted by atomic mass is 32.1. The smallest absolute Gasteiger partial charge is 0.291 e. The van der Waals surface area contributed by atoms with Gasteiger partial charge >= 0.3 is 0 Å². The molecule has 36 heavy (non-hydrogen) atoms. The Morgan fingerprint density at radius 1 is 0.944 bits per heavy atom. The van der Waals surface area contributed by atoms with Crippen molar-refractivity contribution in [2.24, 2.45) is 0 Å². The summed E-state index contributed by atoms with van der Waals surface area (Å²) in [6.45, 7) is 6.55. The number of hydrogen-bond acceptors (Lipinski definition) is 5. The van der Waals surface area contributed by atoms with E-state index in [-0.39, 0.29) is 17.1 Å². The van der Waals surface area contributed by atoms with Crippen LogP contribution in [0.25, 0.3) is 28.5 Å². The predicted molar refractivity (Wildman–Crippen MR) is 145 cm³/mol. The van der Waals surface area contributed by atoms with Gasteiger partial charge in [0.2, 0.25) is 4.96 Å². The van der Waals surface area contributed by atoms with E-state index in [0.717, 1.165) is 28.0 Å². The van der Waals surface area contributed by atoms with Gasteiger partial charge in [0.25, 0.3) is 5.56 Å². The molecular weight excluding hydrogens is 466 g/mol. The lowest BCUT2D eigenvalue weighted by Crippen LogP contribution is -2.25. The molecular formula is C30H25N3O2S. The van der Waals surface area contributed by atoms with E-state index in [1.165, 1.54) is 21.4 Å². The van der Waals surface area contributed by atoms with Gasteiger partial charge in [0.15, 0.2) is 5.82 Å². The highest BCUT2D eigenvalue weighted by Crippen LogP contribution is 2.37. The van der Waals surface area contributed by atoms with Gasteiger partial charge in [-0.25, -0.2) is 0 Å². The van der Waals surface area contributed by atoms with Gasteiger partial charge in [0.05, 0.1) is 4.53 Å². The summed E-state index contributed by atoms with van der Waals surface area (Å²) in [6, 6.07) is 26.2. The van der Waals surface area contributed by atoms with Crippen molar-refractivity contribution in [3.63, 3.8) is 0 Å². The van der Waals surface area contributed by atoms with Crippen LogP contribution < -0.4 is 14.8 Å². The van der Waals surface area contributed by atoms with Crippen LogP contribution in [0.3, 0.4) is 0 Å². The molecule has 1 aliphatic heterocycles. The molecule has 0 amide bonds. The molecule has 1 unspecified atom stereocenters. The summed E-state index contributed by atoms with van der Waals surface area (Å²) < 4.78 is 8.35. The van der Waals surface area contributed by atoms with Gasteiger partial charge in [-0.2, -0.15) is 9.50 Å². The number of thiazole rings is 1. The van der Waals surface area contributed by atoms with E-state index in [4.69, 9.17) is 4.74 Å². The number of benzene rings is 3. The summed E-state index contributed by atoms with van der Waals surface area (Å²) in [5, 5.41) is 4.53. The molecule has 5 aromatic rings. The maximum absolute atomic E-state index is 13.3. The summed E-state index contributed by atoms with van der Waals surface area (Å²) in [7, 11) is 0. The first kappa shape index (κ1) is 22.4. The number of fused-ring (bicyclic) bond motifs is 2. The maximum Gasteiger partial charge on any atom is 0.291 e. The number of nitrogens with zero attached hydrogens (tertiary/aromatic N) is 3. The standard InChI is InChI=1S/C30H25N3O2S/c1-30(2,3)23-15-13-20(14-16-23)27-31-29-33(32-27)28(34)25(36-29)18-22-17-21-11-7-8-12-24(21)35-26(22)19-9-5-4-6-10-19/h4-18,26H,1-3H3/b25-18+. The molecule has 0 spiro atoms. The molecule has 0 fully saturated rings. The van der Waals surface area contributed by atoms with Crippen molar-refractivity contribution in [2.75, 3.05) is 0 Å². The van der Waals surface area contributed by atoms with Crippen molar-refractivity contribution in [1.82, 2.24) is 14.6 Å². The minimum atomic E-state index is -0.306. The van der Waals surface area contributed by atoms with Crippen molar-refractivity contribution in [3.8, 4) is 17.1 Å². The van der Waals surface area contributed by atoms with Gasteiger partial charge in [-0.15, -0.1) is 5.10 Å². The fraction of sp³-hybridized carbons (Fsp3) is 0.167. The Morgan fingerprint density at radius 2 is 1.67 bits per heavy atom. The normalized spacial score (nSPS) is 16.0. The highest BCUT2D eigenvalue weighted by molar-refractivity contribution is 7.15. The third kappa shape index (κ3) is 4.03. The molecule has 1 aliphatic rings. The third-order valence-corrected chi connectivity index (χ3v) is 7.34. The van der Waals surface area contributed by atoms with Crippen LogP contribution in [0.15, 0.2) is 89.2 Å². The fourth-order valence-corrected chi connectivity index (χ4v) is 5.30. The average molecular weight is 492 g/mol. The van der Waals surface area contributed by atoms with Crippen LogP contribution in [-0.4, -0.2) is 14.6 Å². The van der Waals surface area contributed by atoms with E-state index in [1.807, 2.05) is 72.8 Å². The van der Waals surface area contributed by atoms with E-state index in [1.54, 1.807) is 0 Å². The second kappa shape index (κ2) is 8.57. The Balaban J connectivity index is 1.41. The lowest BCUT2D eigenvalue weighted by Gasteiger charge is -2.26. The Morgan fingerprint density at radius 3 is 2.39 bits per heavy atom. The van der Waals surface area contributed by atoms with Gasteiger partial charge in [-0.3, -0.25) is 4.79 Å². The minimum absolute atomic E-state index is 0.0725. The van der Waals surface area contributed by atoms with Crippen molar-refractivity contribution < 1.29 is 4.74 Å². The molecule has 3 aromatic carbocycles. The molecule has 0 radical (unpaired) electrons. The fourth-order valence-electron chi connectivity index (χ4n) is 4.39. The van der Waals surface area contributed by atoms with E-state index in [2.05, 4.69) is 49.1 Å². The molecule has 6 rings (SSSR count). The summed E-state index contributed by atoms with van der Waals surface area (Å²) in [4.78, 5) is 18.5. The zero-order chi connectivity index (χ0) is 24.9. The van der Waals surface area contributed by atoms with Gasteiger partial charge in [-0.1, -0.05) is 105 Å². The van der Waals surface area contributed by atoms with Crippen LogP contribution in [-0.2, 0) is 5.41 Å². The van der Waals surface area contributed by atoms with E-state index < -0.39 is 0 Å². The average Bonchev–Trinajstić information content (AvgIpc) is 3.43. The van der Waals surface area contributed by atoms with Crippen LogP contribution in [0, 0.1) is 0 Å². The van der Waals surface area contributed by atoms with Crippen molar-refractivity contribution in [1.29, 1.82) is 0 Å². The largest absolute Gasteiger partial charge is 0.480 e. The second-order valence-electron chi connectivity index (χ2n) is 9.96. The van der Waals surface area contributed by atoms with Crippen molar-refractivity contribution >= 4 is 28.4 Å². The molecule has 6 heteroatoms. The molecule has 5 nitrogen and oxygen atoms in total. The van der Waals surface area contributed by atoms with Crippen LogP contribution in [0.2, 0.25) is 0 Å². The quantitative estimate of drug-likeness (QED) is 0.319. The van der Waals surface area contributed by atoms with E-state index in [9.17, 15) is 4.79 Å². The number of aromatic nitrogens is 3.